The molecule has 1 saturated heterocycles. The fourth-order valence-corrected chi connectivity index (χ4v) is 2.30. The third kappa shape index (κ3) is 3.83. The lowest BCUT2D eigenvalue weighted by Gasteiger charge is -2.33. The summed E-state index contributed by atoms with van der Waals surface area (Å²) in [4.78, 5) is 19.2. The van der Waals surface area contributed by atoms with E-state index in [0.29, 0.717) is 11.4 Å². The number of rotatable bonds is 4. The van der Waals surface area contributed by atoms with Gasteiger partial charge in [-0.1, -0.05) is 0 Å². The van der Waals surface area contributed by atoms with Gasteiger partial charge in [-0.2, -0.15) is 0 Å². The highest BCUT2D eigenvalue weighted by Gasteiger charge is 2.22. The number of hydrogen-bond acceptors (Lipinski definition) is 5. The molecule has 1 aromatic rings. The Bertz CT molecular complexity index is 555. The number of benzene rings is 1. The molecule has 1 aromatic carbocycles. The normalized spacial score (nSPS) is 17.0. The van der Waals surface area contributed by atoms with Gasteiger partial charge < -0.3 is 15.5 Å². The van der Waals surface area contributed by atoms with Gasteiger partial charge in [0.25, 0.3) is 5.69 Å². The third-order valence-corrected chi connectivity index (χ3v) is 3.68. The molecule has 1 aliphatic heterocycles. The van der Waals surface area contributed by atoms with Gasteiger partial charge in [0.2, 0.25) is 0 Å². The summed E-state index contributed by atoms with van der Waals surface area (Å²) in [6, 6.07) is 4.89. The Morgan fingerprint density at radius 1 is 1.43 bits per heavy atom. The van der Waals surface area contributed by atoms with Crippen LogP contribution in [0.25, 0.3) is 0 Å². The maximum atomic E-state index is 11.3. The molecule has 0 aromatic heterocycles. The molecule has 1 heterocycles. The van der Waals surface area contributed by atoms with Crippen LogP contribution in [-0.2, 0) is 0 Å². The monoisotopic (exact) mass is 311 g/mol. The molecule has 0 amide bonds. The predicted molar refractivity (Wildman–Crippen MR) is 84.8 cm³/mol. The second-order valence-electron chi connectivity index (χ2n) is 4.96. The zero-order chi connectivity index (χ0) is 15.4. The van der Waals surface area contributed by atoms with Crippen LogP contribution < -0.4 is 10.6 Å². The number of hydrogen-bond donors (Lipinski definition) is 1. The molecule has 0 radical (unpaired) electrons. The highest BCUT2D eigenvalue weighted by atomic mass is 35.5. The number of aliphatic imine (C=N–C) groups is 1. The zero-order valence-corrected chi connectivity index (χ0v) is 12.6. The summed E-state index contributed by atoms with van der Waals surface area (Å²) in [7, 11) is 2.04. The Labute approximate surface area is 128 Å². The third-order valence-electron chi connectivity index (χ3n) is 3.41. The van der Waals surface area contributed by atoms with E-state index in [4.69, 9.17) is 17.3 Å². The lowest BCUT2D eigenvalue weighted by molar-refractivity contribution is -0.384. The van der Waals surface area contributed by atoms with Crippen LogP contribution in [-0.4, -0.2) is 54.8 Å². The van der Waals surface area contributed by atoms with E-state index in [9.17, 15) is 10.1 Å². The van der Waals surface area contributed by atoms with Crippen molar-refractivity contribution in [3.05, 3.63) is 28.3 Å². The van der Waals surface area contributed by atoms with Gasteiger partial charge in [-0.05, 0) is 19.2 Å². The first-order chi connectivity index (χ1) is 10.0. The molecule has 8 heteroatoms. The summed E-state index contributed by atoms with van der Waals surface area (Å²) < 4.78 is 0. The number of amidine groups is 1. The van der Waals surface area contributed by atoms with Crippen LogP contribution in [0.4, 0.5) is 17.1 Å². The largest absolute Gasteiger partial charge is 0.386 e. The molecule has 1 aliphatic rings. The minimum Gasteiger partial charge on any atom is -0.386 e. The molecule has 2 rings (SSSR count). The van der Waals surface area contributed by atoms with Gasteiger partial charge >= 0.3 is 0 Å². The van der Waals surface area contributed by atoms with Gasteiger partial charge in [-0.3, -0.25) is 10.1 Å². The molecule has 114 valence electrons. The van der Waals surface area contributed by atoms with Crippen molar-refractivity contribution in [3.8, 4) is 0 Å². The van der Waals surface area contributed by atoms with Crippen molar-refractivity contribution in [3.63, 3.8) is 0 Å². The Kier molecular flexibility index (Phi) is 4.98. The number of alkyl halides is 1. The first-order valence-electron chi connectivity index (χ1n) is 6.62. The molecule has 0 saturated carbocycles. The number of piperazine rings is 1. The summed E-state index contributed by atoms with van der Waals surface area (Å²) in [6.07, 6.45) is 0. The van der Waals surface area contributed by atoms with Crippen molar-refractivity contribution in [2.24, 2.45) is 10.7 Å². The van der Waals surface area contributed by atoms with E-state index in [-0.39, 0.29) is 22.3 Å². The topological polar surface area (TPSA) is 88.0 Å². The van der Waals surface area contributed by atoms with Crippen LogP contribution in [0.15, 0.2) is 23.2 Å². The molecular weight excluding hydrogens is 294 g/mol. The first kappa shape index (κ1) is 15.5. The summed E-state index contributed by atoms with van der Waals surface area (Å²) in [6.45, 7) is 3.31. The number of nitrogens with two attached hydrogens (primary N) is 1. The van der Waals surface area contributed by atoms with Crippen LogP contribution in [0.5, 0.6) is 0 Å². The average molecular weight is 312 g/mol. The molecule has 0 atom stereocenters. The van der Waals surface area contributed by atoms with E-state index in [1.54, 1.807) is 12.1 Å². The summed E-state index contributed by atoms with van der Waals surface area (Å²) in [5.41, 5.74) is 6.67. The standard InChI is InChI=1S/C13H18ClN5O2/c1-17-4-6-18(7-5-17)11-3-2-10(16-13(15)9-14)8-12(11)19(20)21/h2-3,8H,4-7,9H2,1H3,(H2,15,16). The van der Waals surface area contributed by atoms with Gasteiger partial charge in [-0.15, -0.1) is 11.6 Å². The molecule has 2 N–H and O–H groups in total. The van der Waals surface area contributed by atoms with Crippen molar-refractivity contribution in [2.45, 2.75) is 0 Å². The van der Waals surface area contributed by atoms with E-state index in [2.05, 4.69) is 9.89 Å². The molecule has 0 spiro atoms. The van der Waals surface area contributed by atoms with Crippen molar-refractivity contribution < 1.29 is 4.92 Å². The molecule has 0 unspecified atom stereocenters. The van der Waals surface area contributed by atoms with Gasteiger partial charge in [-0.25, -0.2) is 4.99 Å². The maximum Gasteiger partial charge on any atom is 0.294 e. The zero-order valence-electron chi connectivity index (χ0n) is 11.8. The number of nitro groups is 1. The molecule has 0 bridgehead atoms. The number of nitrogens with zero attached hydrogens (tertiary/aromatic N) is 4. The Balaban J connectivity index is 2.31. The fraction of sp³-hybridized carbons (Fsp3) is 0.462. The van der Waals surface area contributed by atoms with Crippen molar-refractivity contribution in [2.75, 3.05) is 44.0 Å². The van der Waals surface area contributed by atoms with Crippen LogP contribution in [0.1, 0.15) is 0 Å². The Morgan fingerprint density at radius 3 is 2.67 bits per heavy atom. The number of nitro benzene ring substituents is 1. The fourth-order valence-electron chi connectivity index (χ4n) is 2.24. The highest BCUT2D eigenvalue weighted by Crippen LogP contribution is 2.32. The second kappa shape index (κ2) is 6.73. The quantitative estimate of drug-likeness (QED) is 0.300. The maximum absolute atomic E-state index is 11.3. The lowest BCUT2D eigenvalue weighted by Crippen LogP contribution is -2.44. The van der Waals surface area contributed by atoms with Crippen LogP contribution in [0, 0.1) is 10.1 Å². The van der Waals surface area contributed by atoms with Crippen LogP contribution in [0.2, 0.25) is 0 Å². The van der Waals surface area contributed by atoms with Crippen molar-refractivity contribution in [1.29, 1.82) is 0 Å². The van der Waals surface area contributed by atoms with Crippen LogP contribution >= 0.6 is 11.6 Å². The minimum atomic E-state index is -0.385. The molecule has 21 heavy (non-hydrogen) atoms. The number of halogens is 1. The smallest absolute Gasteiger partial charge is 0.294 e. The highest BCUT2D eigenvalue weighted by molar-refractivity contribution is 6.28. The number of anilines is 1. The van der Waals surface area contributed by atoms with Crippen molar-refractivity contribution in [1.82, 2.24) is 4.90 Å². The van der Waals surface area contributed by atoms with E-state index in [1.165, 1.54) is 6.07 Å². The molecular formula is C13H18ClN5O2. The first-order valence-corrected chi connectivity index (χ1v) is 7.15. The second-order valence-corrected chi connectivity index (χ2v) is 5.22. The van der Waals surface area contributed by atoms with E-state index >= 15 is 0 Å². The minimum absolute atomic E-state index is 0.0446. The Hall–Kier alpha value is -1.86. The Morgan fingerprint density at radius 2 is 2.10 bits per heavy atom. The summed E-state index contributed by atoms with van der Waals surface area (Å²) >= 11 is 5.57. The molecule has 7 nitrogen and oxygen atoms in total. The molecule has 0 aliphatic carbocycles. The van der Waals surface area contributed by atoms with E-state index in [1.807, 2.05) is 11.9 Å². The SMILES string of the molecule is CN1CCN(c2ccc(N=C(N)CCl)cc2[N+](=O)[O-])CC1. The van der Waals surface area contributed by atoms with Gasteiger partial charge in [0.15, 0.2) is 0 Å². The van der Waals surface area contributed by atoms with Gasteiger partial charge in [0.1, 0.15) is 11.5 Å². The predicted octanol–water partition coefficient (Wildman–Crippen LogP) is 1.57. The lowest BCUT2D eigenvalue weighted by atomic mass is 10.2. The number of likely N-dealkylation sites (N-methyl/N-ethyl adjacent to an activating group) is 1. The summed E-state index contributed by atoms with van der Waals surface area (Å²) in [5, 5.41) is 11.3. The molecule has 1 fully saturated rings. The van der Waals surface area contributed by atoms with E-state index in [0.717, 1.165) is 26.2 Å². The van der Waals surface area contributed by atoms with Crippen LogP contribution in [0.3, 0.4) is 0 Å². The van der Waals surface area contributed by atoms with E-state index < -0.39 is 0 Å². The van der Waals surface area contributed by atoms with Gasteiger partial charge in [0, 0.05) is 32.2 Å². The average Bonchev–Trinajstić information content (AvgIpc) is 2.48. The van der Waals surface area contributed by atoms with Gasteiger partial charge in [0.05, 0.1) is 16.5 Å². The van der Waals surface area contributed by atoms with Crippen molar-refractivity contribution >= 4 is 34.5 Å². The summed E-state index contributed by atoms with van der Waals surface area (Å²) in [5.74, 6) is 0.326.